The topological polar surface area (TPSA) is 73.0 Å². The molecular formula is C25H34N4O3S. The maximum absolute atomic E-state index is 12.8. The average Bonchev–Trinajstić information content (AvgIpc) is 3.27. The zero-order valence-corrected chi connectivity index (χ0v) is 20.5. The molecule has 2 heterocycles. The molecule has 8 heteroatoms. The molecule has 33 heavy (non-hydrogen) atoms. The number of hydrogen-bond donors (Lipinski definition) is 1. The summed E-state index contributed by atoms with van der Waals surface area (Å²) in [7, 11) is -3.52. The molecule has 1 fully saturated rings. The summed E-state index contributed by atoms with van der Waals surface area (Å²) in [5, 5.41) is 3.35. The number of benzene rings is 2. The van der Waals surface area contributed by atoms with Crippen molar-refractivity contribution in [3.63, 3.8) is 0 Å². The van der Waals surface area contributed by atoms with Gasteiger partial charge in [-0.05, 0) is 42.2 Å². The Morgan fingerprint density at radius 3 is 2.30 bits per heavy atom. The van der Waals surface area contributed by atoms with Gasteiger partial charge in [-0.15, -0.1) is 0 Å². The normalized spacial score (nSPS) is 18.4. The zero-order chi connectivity index (χ0) is 23.6. The highest BCUT2D eigenvalue weighted by Gasteiger charge is 2.30. The molecule has 2 aromatic carbocycles. The molecule has 0 aromatic heterocycles. The van der Waals surface area contributed by atoms with Crippen molar-refractivity contribution < 1.29 is 13.2 Å². The Morgan fingerprint density at radius 1 is 0.939 bits per heavy atom. The fourth-order valence-corrected chi connectivity index (χ4v) is 5.97. The molecule has 1 amide bonds. The number of nitrogens with zero attached hydrogens (tertiary/aromatic N) is 3. The van der Waals surface area contributed by atoms with Crippen molar-refractivity contribution in [2.75, 3.05) is 38.0 Å². The molecule has 1 N–H and O–H groups in total. The summed E-state index contributed by atoms with van der Waals surface area (Å²) in [5.41, 5.74) is 3.61. The Balaban J connectivity index is 1.32. The molecule has 2 aliphatic heterocycles. The molecule has 1 unspecified atom stereocenters. The Morgan fingerprint density at radius 2 is 1.64 bits per heavy atom. The second kappa shape index (κ2) is 9.83. The van der Waals surface area contributed by atoms with Gasteiger partial charge in [0, 0.05) is 51.0 Å². The van der Waals surface area contributed by atoms with E-state index in [0.717, 1.165) is 18.8 Å². The third-order valence-corrected chi connectivity index (χ3v) is 8.86. The predicted molar refractivity (Wildman–Crippen MR) is 130 cm³/mol. The lowest BCUT2D eigenvalue weighted by molar-refractivity contribution is -0.130. The van der Waals surface area contributed by atoms with E-state index in [1.165, 1.54) is 15.4 Å². The second-order valence-corrected chi connectivity index (χ2v) is 11.2. The minimum absolute atomic E-state index is 0.00485. The van der Waals surface area contributed by atoms with Crippen molar-refractivity contribution in [3.8, 4) is 0 Å². The second-order valence-electron chi connectivity index (χ2n) is 9.28. The first-order chi connectivity index (χ1) is 15.8. The lowest BCUT2D eigenvalue weighted by Gasteiger charge is -2.34. The molecule has 7 nitrogen and oxygen atoms in total. The van der Waals surface area contributed by atoms with Crippen molar-refractivity contribution in [1.29, 1.82) is 0 Å². The molecule has 0 saturated carbocycles. The maximum atomic E-state index is 12.8. The monoisotopic (exact) mass is 470 g/mol. The molecule has 0 spiro atoms. The van der Waals surface area contributed by atoms with Crippen molar-refractivity contribution in [1.82, 2.24) is 14.1 Å². The van der Waals surface area contributed by atoms with Crippen LogP contribution in [0.1, 0.15) is 31.9 Å². The van der Waals surface area contributed by atoms with Crippen LogP contribution in [-0.4, -0.2) is 67.2 Å². The minimum atomic E-state index is -3.52. The summed E-state index contributed by atoms with van der Waals surface area (Å²) in [6.07, 6.45) is 0. The van der Waals surface area contributed by atoms with E-state index >= 15 is 0 Å². The van der Waals surface area contributed by atoms with Gasteiger partial charge in [-0.1, -0.05) is 44.2 Å². The molecule has 0 radical (unpaired) electrons. The first kappa shape index (κ1) is 23.7. The van der Waals surface area contributed by atoms with Gasteiger partial charge in [0.25, 0.3) is 0 Å². The molecule has 0 bridgehead atoms. The average molecular weight is 471 g/mol. The van der Waals surface area contributed by atoms with Crippen LogP contribution in [-0.2, 0) is 27.9 Å². The number of amides is 1. The zero-order valence-electron chi connectivity index (χ0n) is 19.7. The molecule has 2 aliphatic rings. The summed E-state index contributed by atoms with van der Waals surface area (Å²) < 4.78 is 27.1. The maximum Gasteiger partial charge on any atom is 0.243 e. The van der Waals surface area contributed by atoms with Gasteiger partial charge in [-0.3, -0.25) is 9.69 Å². The van der Waals surface area contributed by atoms with E-state index in [-0.39, 0.29) is 12.5 Å². The minimum Gasteiger partial charge on any atom is -0.376 e. The van der Waals surface area contributed by atoms with Gasteiger partial charge in [0.15, 0.2) is 0 Å². The summed E-state index contributed by atoms with van der Waals surface area (Å²) in [6.45, 7) is 10.2. The molecule has 0 aliphatic carbocycles. The summed E-state index contributed by atoms with van der Waals surface area (Å²) in [6, 6.07) is 15.2. The third kappa shape index (κ3) is 5.08. The molecule has 4 rings (SSSR count). The Bertz CT molecular complexity index is 1080. The summed E-state index contributed by atoms with van der Waals surface area (Å²) >= 11 is 0. The highest BCUT2D eigenvalue weighted by Crippen LogP contribution is 2.32. The number of nitrogens with one attached hydrogen (secondary N) is 1. The Labute approximate surface area is 197 Å². The van der Waals surface area contributed by atoms with E-state index in [0.29, 0.717) is 43.0 Å². The van der Waals surface area contributed by atoms with E-state index in [9.17, 15) is 13.2 Å². The number of anilines is 1. The number of carbonyl (C=O) groups excluding carboxylic acids is 1. The van der Waals surface area contributed by atoms with E-state index in [4.69, 9.17) is 0 Å². The van der Waals surface area contributed by atoms with Gasteiger partial charge in [-0.2, -0.15) is 4.31 Å². The summed E-state index contributed by atoms with van der Waals surface area (Å²) in [5.74, 6) is 0.580. The van der Waals surface area contributed by atoms with Crippen LogP contribution in [0, 0.1) is 5.92 Å². The van der Waals surface area contributed by atoms with Crippen LogP contribution in [0.3, 0.4) is 0 Å². The molecule has 2 aromatic rings. The highest BCUT2D eigenvalue weighted by atomic mass is 32.2. The first-order valence-corrected chi connectivity index (χ1v) is 13.1. The van der Waals surface area contributed by atoms with Crippen LogP contribution >= 0.6 is 0 Å². The van der Waals surface area contributed by atoms with Gasteiger partial charge in [0.2, 0.25) is 15.9 Å². The lowest BCUT2D eigenvalue weighted by atomic mass is 10.1. The quantitative estimate of drug-likeness (QED) is 0.674. The first-order valence-electron chi connectivity index (χ1n) is 11.7. The van der Waals surface area contributed by atoms with Gasteiger partial charge in [0.05, 0.1) is 11.4 Å². The molecular weight excluding hydrogens is 436 g/mol. The highest BCUT2D eigenvalue weighted by molar-refractivity contribution is 7.89. The number of piperazine rings is 1. The number of fused-ring (bicyclic) bond motifs is 1. The SMILES string of the molecule is CC(C)C(C)N1Cc2cccc(NCC(=O)N3CCN(S(=O)(=O)c4ccccc4)CC3)c2C1. The van der Waals surface area contributed by atoms with Crippen LogP contribution in [0.15, 0.2) is 53.4 Å². The Kier molecular flexibility index (Phi) is 7.07. The predicted octanol–water partition coefficient (Wildman–Crippen LogP) is 2.99. The van der Waals surface area contributed by atoms with Crippen molar-refractivity contribution in [2.45, 2.75) is 44.8 Å². The van der Waals surface area contributed by atoms with Crippen LogP contribution in [0.25, 0.3) is 0 Å². The van der Waals surface area contributed by atoms with Crippen LogP contribution < -0.4 is 5.32 Å². The van der Waals surface area contributed by atoms with Crippen LogP contribution in [0.2, 0.25) is 0 Å². The summed E-state index contributed by atoms with van der Waals surface area (Å²) in [4.78, 5) is 17.4. The smallest absolute Gasteiger partial charge is 0.243 e. The molecule has 1 saturated heterocycles. The largest absolute Gasteiger partial charge is 0.376 e. The number of hydrogen-bond acceptors (Lipinski definition) is 5. The fraction of sp³-hybridized carbons (Fsp3) is 0.480. The molecule has 178 valence electrons. The number of sulfonamides is 1. The van der Waals surface area contributed by atoms with E-state index in [1.807, 2.05) is 12.1 Å². The van der Waals surface area contributed by atoms with E-state index in [2.05, 4.69) is 37.1 Å². The van der Waals surface area contributed by atoms with Gasteiger partial charge in [-0.25, -0.2) is 8.42 Å². The Hall–Kier alpha value is -2.42. The number of rotatable bonds is 7. The van der Waals surface area contributed by atoms with E-state index < -0.39 is 10.0 Å². The third-order valence-electron chi connectivity index (χ3n) is 6.95. The fourth-order valence-electron chi connectivity index (χ4n) is 4.52. The van der Waals surface area contributed by atoms with Crippen molar-refractivity contribution >= 4 is 21.6 Å². The standard InChI is InChI=1S/C25H34N4O3S/c1-19(2)20(3)28-17-21-8-7-11-24(23(21)18-28)26-16-25(30)27-12-14-29(15-13-27)33(31,32)22-9-5-4-6-10-22/h4-11,19-20,26H,12-18H2,1-3H3. The number of carbonyl (C=O) groups is 1. The van der Waals surface area contributed by atoms with Crippen molar-refractivity contribution in [3.05, 3.63) is 59.7 Å². The van der Waals surface area contributed by atoms with Crippen molar-refractivity contribution in [2.24, 2.45) is 5.92 Å². The lowest BCUT2D eigenvalue weighted by Crippen LogP contribution is -2.51. The van der Waals surface area contributed by atoms with Crippen LogP contribution in [0.4, 0.5) is 5.69 Å². The van der Waals surface area contributed by atoms with Gasteiger partial charge >= 0.3 is 0 Å². The van der Waals surface area contributed by atoms with E-state index in [1.54, 1.807) is 35.2 Å². The van der Waals surface area contributed by atoms with Gasteiger partial charge < -0.3 is 10.2 Å². The van der Waals surface area contributed by atoms with Crippen LogP contribution in [0.5, 0.6) is 0 Å². The molecule has 1 atom stereocenters. The van der Waals surface area contributed by atoms with Gasteiger partial charge in [0.1, 0.15) is 0 Å².